The Kier molecular flexibility index (Phi) is 6.83. The maximum absolute atomic E-state index is 12.1. The predicted octanol–water partition coefficient (Wildman–Crippen LogP) is 3.54. The van der Waals surface area contributed by atoms with Gasteiger partial charge in [0.25, 0.3) is 0 Å². The fourth-order valence-corrected chi connectivity index (χ4v) is 4.10. The molecule has 0 saturated heterocycles. The summed E-state index contributed by atoms with van der Waals surface area (Å²) < 4.78 is 0. The molecule has 27 heavy (non-hydrogen) atoms. The Hall–Kier alpha value is -2.39. The monoisotopic (exact) mass is 403 g/mol. The van der Waals surface area contributed by atoms with E-state index in [-0.39, 0.29) is 18.1 Å². The third kappa shape index (κ3) is 6.07. The average Bonchev–Trinajstić information content (AvgIpc) is 3.27. The van der Waals surface area contributed by atoms with Crippen LogP contribution in [0.4, 0.5) is 5.13 Å². The number of benzene rings is 1. The van der Waals surface area contributed by atoms with Crippen LogP contribution in [0.15, 0.2) is 24.3 Å². The number of unbranched alkanes of at least 4 members (excludes halogenated alkanes) is 1. The molecule has 3 aromatic rings. The van der Waals surface area contributed by atoms with E-state index >= 15 is 0 Å². The molecule has 0 radical (unpaired) electrons. The lowest BCUT2D eigenvalue weighted by atomic mass is 10.1. The lowest BCUT2D eigenvalue weighted by Crippen LogP contribution is -2.12. The summed E-state index contributed by atoms with van der Waals surface area (Å²) in [5.74, 6) is 0.0831. The summed E-state index contributed by atoms with van der Waals surface area (Å²) in [5.41, 5.74) is 0.760. The molecule has 9 heteroatoms. The highest BCUT2D eigenvalue weighted by molar-refractivity contribution is 7.15. The summed E-state index contributed by atoms with van der Waals surface area (Å²) >= 11 is 3.05. The number of amides is 1. The molecule has 2 aromatic heterocycles. The molecule has 0 aliphatic heterocycles. The Morgan fingerprint density at radius 2 is 1.70 bits per heavy atom. The summed E-state index contributed by atoms with van der Waals surface area (Å²) in [4.78, 5) is 12.1. The number of anilines is 1. The first-order chi connectivity index (χ1) is 13.1. The molecular weight excluding hydrogens is 382 g/mol. The van der Waals surface area contributed by atoms with Crippen molar-refractivity contribution in [1.82, 2.24) is 20.4 Å². The number of rotatable bonds is 9. The molecule has 0 bridgehead atoms. The third-order valence-corrected chi connectivity index (χ3v) is 5.72. The first-order valence-corrected chi connectivity index (χ1v) is 10.4. The Morgan fingerprint density at radius 1 is 1.00 bits per heavy atom. The van der Waals surface area contributed by atoms with Crippen LogP contribution in [0.2, 0.25) is 0 Å². The Morgan fingerprint density at radius 3 is 2.41 bits per heavy atom. The van der Waals surface area contributed by atoms with Crippen molar-refractivity contribution in [2.75, 3.05) is 5.32 Å². The van der Waals surface area contributed by atoms with E-state index in [1.54, 1.807) is 23.5 Å². The zero-order valence-corrected chi connectivity index (χ0v) is 16.6. The van der Waals surface area contributed by atoms with Crippen LogP contribution in [-0.4, -0.2) is 31.4 Å². The minimum atomic E-state index is -0.132. The number of aromatic nitrogens is 4. The van der Waals surface area contributed by atoms with E-state index in [9.17, 15) is 9.90 Å². The molecular formula is C18H21N5O2S2. The van der Waals surface area contributed by atoms with Gasteiger partial charge in [-0.05, 0) is 37.8 Å². The molecule has 1 aromatic carbocycles. The predicted molar refractivity (Wildman–Crippen MR) is 106 cm³/mol. The molecule has 142 valence electrons. The van der Waals surface area contributed by atoms with E-state index in [4.69, 9.17) is 0 Å². The van der Waals surface area contributed by atoms with Crippen molar-refractivity contribution in [2.24, 2.45) is 0 Å². The van der Waals surface area contributed by atoms with Crippen LogP contribution >= 0.6 is 22.7 Å². The van der Waals surface area contributed by atoms with Crippen LogP contribution < -0.4 is 5.32 Å². The minimum Gasteiger partial charge on any atom is -0.508 e. The lowest BCUT2D eigenvalue weighted by molar-refractivity contribution is -0.116. The highest BCUT2D eigenvalue weighted by Gasteiger charge is 2.10. The largest absolute Gasteiger partial charge is 0.508 e. The van der Waals surface area contributed by atoms with Gasteiger partial charge in [-0.15, -0.1) is 31.7 Å². The number of aromatic hydroxyl groups is 1. The molecule has 2 N–H and O–H groups in total. The molecule has 0 aliphatic carbocycles. The fraction of sp³-hybridized carbons (Fsp3) is 0.389. The number of phenols is 1. The fourth-order valence-electron chi connectivity index (χ4n) is 2.55. The van der Waals surface area contributed by atoms with Crippen molar-refractivity contribution < 1.29 is 9.90 Å². The van der Waals surface area contributed by atoms with Gasteiger partial charge in [-0.1, -0.05) is 29.5 Å². The lowest BCUT2D eigenvalue weighted by Gasteiger charge is -2.03. The molecule has 0 atom stereocenters. The second-order valence-corrected chi connectivity index (χ2v) is 8.43. The summed E-state index contributed by atoms with van der Waals surface area (Å²) in [6, 6.07) is 7.04. The molecule has 2 heterocycles. The number of carbonyl (C=O) groups excluding carboxylic acids is 1. The molecule has 0 unspecified atom stereocenters. The van der Waals surface area contributed by atoms with E-state index in [1.165, 1.54) is 11.3 Å². The van der Waals surface area contributed by atoms with E-state index in [1.807, 2.05) is 19.1 Å². The van der Waals surface area contributed by atoms with Crippen LogP contribution in [0.1, 0.15) is 39.8 Å². The van der Waals surface area contributed by atoms with E-state index < -0.39 is 0 Å². The van der Waals surface area contributed by atoms with Crippen molar-refractivity contribution in [3.05, 3.63) is 44.9 Å². The number of nitrogens with zero attached hydrogens (tertiary/aromatic N) is 4. The van der Waals surface area contributed by atoms with Gasteiger partial charge in [0.1, 0.15) is 20.8 Å². The summed E-state index contributed by atoms with van der Waals surface area (Å²) in [5, 5.41) is 32.3. The SMILES string of the molecule is Cc1nnc(CCCCc2nnc(NC(=O)CCc3ccccc3O)s2)s1. The average molecular weight is 404 g/mol. The summed E-state index contributed by atoms with van der Waals surface area (Å²) in [7, 11) is 0. The summed E-state index contributed by atoms with van der Waals surface area (Å²) in [6.07, 6.45) is 4.55. The minimum absolute atomic E-state index is 0.132. The van der Waals surface area contributed by atoms with Crippen molar-refractivity contribution >= 4 is 33.7 Å². The highest BCUT2D eigenvalue weighted by atomic mass is 32.1. The summed E-state index contributed by atoms with van der Waals surface area (Å²) in [6.45, 7) is 1.96. The molecule has 1 amide bonds. The van der Waals surface area contributed by atoms with Crippen molar-refractivity contribution in [3.63, 3.8) is 0 Å². The Labute approximate surface area is 165 Å². The number of carbonyl (C=O) groups is 1. The zero-order chi connectivity index (χ0) is 19.1. The zero-order valence-electron chi connectivity index (χ0n) is 15.0. The van der Waals surface area contributed by atoms with Crippen LogP contribution in [0.3, 0.4) is 0 Å². The Bertz CT molecular complexity index is 893. The molecule has 0 aliphatic rings. The third-order valence-electron chi connectivity index (χ3n) is 3.93. The quantitative estimate of drug-likeness (QED) is 0.530. The first-order valence-electron chi connectivity index (χ1n) is 8.78. The van der Waals surface area contributed by atoms with Gasteiger partial charge >= 0.3 is 0 Å². The van der Waals surface area contributed by atoms with Crippen molar-refractivity contribution in [3.8, 4) is 5.75 Å². The number of hydrogen-bond donors (Lipinski definition) is 2. The van der Waals surface area contributed by atoms with Crippen LogP contribution in [0, 0.1) is 6.92 Å². The van der Waals surface area contributed by atoms with Crippen molar-refractivity contribution in [1.29, 1.82) is 0 Å². The number of phenolic OH excluding ortho intramolecular Hbond substituents is 1. The second-order valence-electron chi connectivity index (χ2n) is 6.10. The number of aryl methyl sites for hydroxylation is 4. The van der Waals surface area contributed by atoms with Gasteiger partial charge < -0.3 is 10.4 Å². The molecule has 7 nitrogen and oxygen atoms in total. The van der Waals surface area contributed by atoms with E-state index in [0.717, 1.165) is 46.3 Å². The van der Waals surface area contributed by atoms with Crippen LogP contribution in [0.25, 0.3) is 0 Å². The van der Waals surface area contributed by atoms with Crippen molar-refractivity contribution in [2.45, 2.75) is 45.4 Å². The smallest absolute Gasteiger partial charge is 0.226 e. The first kappa shape index (κ1) is 19.4. The number of para-hydroxylation sites is 1. The van der Waals surface area contributed by atoms with Gasteiger partial charge in [0.05, 0.1) is 0 Å². The highest BCUT2D eigenvalue weighted by Crippen LogP contribution is 2.20. The standard InChI is InChI=1S/C18H21N5O2S2/c1-12-20-21-16(26-12)8-4-5-9-17-22-23-18(27-17)19-15(25)11-10-13-6-2-3-7-14(13)24/h2-3,6-7,24H,4-5,8-11H2,1H3,(H,19,23,25). The molecule has 3 rings (SSSR count). The van der Waals surface area contributed by atoms with Gasteiger partial charge in [-0.25, -0.2) is 0 Å². The van der Waals surface area contributed by atoms with Gasteiger partial charge in [-0.3, -0.25) is 4.79 Å². The number of nitrogens with one attached hydrogen (secondary N) is 1. The molecule has 0 spiro atoms. The van der Waals surface area contributed by atoms with Gasteiger partial charge in [-0.2, -0.15) is 0 Å². The number of hydrogen-bond acceptors (Lipinski definition) is 8. The Balaban J connectivity index is 1.38. The molecule has 0 saturated carbocycles. The van der Waals surface area contributed by atoms with Gasteiger partial charge in [0, 0.05) is 19.3 Å². The maximum Gasteiger partial charge on any atom is 0.226 e. The maximum atomic E-state index is 12.1. The van der Waals surface area contributed by atoms with Gasteiger partial charge in [0.2, 0.25) is 11.0 Å². The second kappa shape index (κ2) is 9.52. The van der Waals surface area contributed by atoms with Crippen LogP contribution in [-0.2, 0) is 24.1 Å². The van der Waals surface area contributed by atoms with E-state index in [2.05, 4.69) is 25.7 Å². The van der Waals surface area contributed by atoms with Crippen LogP contribution in [0.5, 0.6) is 5.75 Å². The van der Waals surface area contributed by atoms with Gasteiger partial charge in [0.15, 0.2) is 0 Å². The topological polar surface area (TPSA) is 101 Å². The van der Waals surface area contributed by atoms with E-state index in [0.29, 0.717) is 11.6 Å². The normalized spacial score (nSPS) is 10.9. The molecule has 0 fully saturated rings.